The summed E-state index contributed by atoms with van der Waals surface area (Å²) in [6.07, 6.45) is 7.15. The van der Waals surface area contributed by atoms with Gasteiger partial charge in [-0.05, 0) is 111 Å². The zero-order valence-electron chi connectivity index (χ0n) is 37.2. The SMILES string of the molecule is CCOC[C@H]1c2c(nn(-c3cc(C)c(F)c(C)c3)c2-n2ccn(-c3ccc4c(cnn4C)c3F)c2=O)CCN1C(=O)c1cc2cc(C3CCOCC3)ccc2n1[C@@]1(c2noc(=O)[nH]2)C[C@@H]1C. The van der Waals surface area contributed by atoms with Crippen LogP contribution in [0.1, 0.15) is 89.3 Å². The van der Waals surface area contributed by atoms with Gasteiger partial charge in [-0.15, -0.1) is 0 Å². The van der Waals surface area contributed by atoms with Crippen LogP contribution in [-0.4, -0.2) is 87.2 Å². The van der Waals surface area contributed by atoms with E-state index in [0.717, 1.165) is 29.3 Å². The number of halogens is 2. The van der Waals surface area contributed by atoms with Gasteiger partial charge in [0.1, 0.15) is 22.9 Å². The maximum atomic E-state index is 16.2. The Kier molecular flexibility index (Phi) is 9.88. The van der Waals surface area contributed by atoms with Crippen molar-refractivity contribution in [2.75, 3.05) is 33.0 Å². The second kappa shape index (κ2) is 15.6. The highest BCUT2D eigenvalue weighted by atomic mass is 19.1. The van der Waals surface area contributed by atoms with Crippen molar-refractivity contribution < 1.29 is 27.6 Å². The average Bonchev–Trinajstić information content (AvgIpc) is 3.95. The Morgan fingerprint density at radius 2 is 1.73 bits per heavy atom. The van der Waals surface area contributed by atoms with Gasteiger partial charge in [-0.25, -0.2) is 23.1 Å². The number of amides is 1. The predicted octanol–water partition coefficient (Wildman–Crippen LogP) is 6.68. The highest BCUT2D eigenvalue weighted by Crippen LogP contribution is 2.56. The molecule has 0 unspecified atom stereocenters. The fourth-order valence-corrected chi connectivity index (χ4v) is 10.5. The van der Waals surface area contributed by atoms with Crippen LogP contribution in [0.15, 0.2) is 81.2 Å². The summed E-state index contributed by atoms with van der Waals surface area (Å²) in [5, 5.41) is 14.6. The van der Waals surface area contributed by atoms with Gasteiger partial charge in [0.2, 0.25) is 0 Å². The van der Waals surface area contributed by atoms with Gasteiger partial charge >= 0.3 is 11.4 Å². The monoisotopic (exact) mass is 898 g/mol. The minimum Gasteiger partial charge on any atom is -0.381 e. The molecule has 3 aromatic carbocycles. The Morgan fingerprint density at radius 3 is 2.44 bits per heavy atom. The summed E-state index contributed by atoms with van der Waals surface area (Å²) in [5.74, 6) is -1.03. The van der Waals surface area contributed by atoms with Crippen molar-refractivity contribution in [3.8, 4) is 17.2 Å². The minimum absolute atomic E-state index is 0.0187. The van der Waals surface area contributed by atoms with Crippen molar-refractivity contribution in [1.82, 2.24) is 48.3 Å². The van der Waals surface area contributed by atoms with Crippen molar-refractivity contribution in [3.05, 3.63) is 139 Å². The van der Waals surface area contributed by atoms with E-state index in [2.05, 4.69) is 40.4 Å². The lowest BCUT2D eigenvalue weighted by molar-refractivity contribution is 0.0410. The van der Waals surface area contributed by atoms with Crippen LogP contribution in [0.4, 0.5) is 8.78 Å². The topological polar surface area (TPSA) is 165 Å². The van der Waals surface area contributed by atoms with Gasteiger partial charge in [0.05, 0.1) is 46.8 Å². The number of benzene rings is 3. The third kappa shape index (κ3) is 6.35. The molecule has 1 aliphatic carbocycles. The number of nitrogens with one attached hydrogen (secondary N) is 1. The number of carbonyl (C=O) groups excluding carboxylic acids is 1. The third-order valence-corrected chi connectivity index (χ3v) is 14.0. The zero-order chi connectivity index (χ0) is 45.8. The van der Waals surface area contributed by atoms with E-state index in [9.17, 15) is 9.59 Å². The van der Waals surface area contributed by atoms with E-state index < -0.39 is 28.8 Å². The molecular formula is C48H48F2N10O6. The number of hydrogen-bond donors (Lipinski definition) is 1. The molecule has 2 aliphatic heterocycles. The number of ether oxygens (including phenoxy) is 2. The van der Waals surface area contributed by atoms with Gasteiger partial charge in [0.15, 0.2) is 11.6 Å². The average molecular weight is 899 g/mol. The summed E-state index contributed by atoms with van der Waals surface area (Å²) in [7, 11) is 1.72. The van der Waals surface area contributed by atoms with Gasteiger partial charge in [-0.3, -0.25) is 28.1 Å². The van der Waals surface area contributed by atoms with Crippen molar-refractivity contribution >= 4 is 27.7 Å². The summed E-state index contributed by atoms with van der Waals surface area (Å²) < 4.78 is 56.2. The Morgan fingerprint density at radius 1 is 0.985 bits per heavy atom. The Bertz CT molecular complexity index is 3340. The Balaban J connectivity index is 1.09. The molecule has 0 spiro atoms. The molecule has 3 aliphatic rings. The molecule has 1 saturated heterocycles. The molecule has 66 heavy (non-hydrogen) atoms. The molecule has 18 heteroatoms. The number of hydrogen-bond acceptors (Lipinski definition) is 9. The maximum Gasteiger partial charge on any atom is 0.438 e. The molecule has 5 aromatic heterocycles. The van der Waals surface area contributed by atoms with Gasteiger partial charge in [-0.2, -0.15) is 10.2 Å². The molecule has 8 aromatic rings. The molecule has 3 atom stereocenters. The van der Waals surface area contributed by atoms with Gasteiger partial charge < -0.3 is 18.9 Å². The van der Waals surface area contributed by atoms with Crippen LogP contribution in [-0.2, 0) is 28.5 Å². The summed E-state index contributed by atoms with van der Waals surface area (Å²) in [4.78, 5) is 47.6. The first kappa shape index (κ1) is 41.8. The van der Waals surface area contributed by atoms with Gasteiger partial charge in [0, 0.05) is 68.7 Å². The lowest BCUT2D eigenvalue weighted by Gasteiger charge is -2.36. The van der Waals surface area contributed by atoms with Crippen LogP contribution in [0.3, 0.4) is 0 Å². The normalized spacial score (nSPS) is 19.9. The van der Waals surface area contributed by atoms with Gasteiger partial charge in [-0.1, -0.05) is 18.1 Å². The fourth-order valence-electron chi connectivity index (χ4n) is 10.5. The highest BCUT2D eigenvalue weighted by Gasteiger charge is 2.59. The quantitative estimate of drug-likeness (QED) is 0.158. The number of carbonyl (C=O) groups is 1. The van der Waals surface area contributed by atoms with Crippen molar-refractivity contribution in [3.63, 3.8) is 0 Å². The van der Waals surface area contributed by atoms with E-state index in [1.807, 2.05) is 17.6 Å². The lowest BCUT2D eigenvalue weighted by atomic mass is 9.91. The van der Waals surface area contributed by atoms with Crippen molar-refractivity contribution in [1.29, 1.82) is 0 Å². The highest BCUT2D eigenvalue weighted by molar-refractivity contribution is 6.00. The number of aryl methyl sites for hydroxylation is 3. The molecule has 11 rings (SSSR count). The van der Waals surface area contributed by atoms with Crippen LogP contribution >= 0.6 is 0 Å². The Labute approximate surface area is 375 Å². The smallest absolute Gasteiger partial charge is 0.381 e. The largest absolute Gasteiger partial charge is 0.438 e. The fraction of sp³-hybridized carbons (Fsp3) is 0.375. The zero-order valence-corrected chi connectivity index (χ0v) is 37.2. The van der Waals surface area contributed by atoms with E-state index in [4.69, 9.17) is 19.1 Å². The summed E-state index contributed by atoms with van der Waals surface area (Å²) >= 11 is 0. The molecular weight excluding hydrogens is 851 g/mol. The molecule has 1 N–H and O–H groups in total. The number of aromatic nitrogens is 9. The standard InChI is InChI=1S/C48H48F2N10O6/c1-6-64-25-39-40-34(53-60(32-19-26(2)41(49)27(3)20-32)43(40)58-16-15-57(47(58)63)37-10-9-36-33(42(37)50)24-51-55(36)5)11-14-56(39)44(61)38-22-31-21-30(29-12-17-65-18-13-29)7-8-35(31)59(38)48(23-28(48)4)45-52-46(62)66-54-45/h7-10,15-16,19-22,24,28-29,39H,6,11-14,17-18,23,25H2,1-5H3,(H,52,54,62)/t28-,39-,48-/m0/s1. The number of nitrogens with zero attached hydrogens (tertiary/aromatic N) is 9. The van der Waals surface area contributed by atoms with E-state index in [-0.39, 0.29) is 41.9 Å². The molecule has 0 radical (unpaired) electrons. The van der Waals surface area contributed by atoms with E-state index in [0.29, 0.717) is 89.5 Å². The molecule has 2 fully saturated rings. The molecule has 7 heterocycles. The van der Waals surface area contributed by atoms with Crippen LogP contribution in [0.2, 0.25) is 0 Å². The molecule has 0 bridgehead atoms. The molecule has 340 valence electrons. The molecule has 16 nitrogen and oxygen atoms in total. The second-order valence-corrected chi connectivity index (χ2v) is 17.9. The first-order valence-corrected chi connectivity index (χ1v) is 22.4. The van der Waals surface area contributed by atoms with Crippen LogP contribution in [0.5, 0.6) is 0 Å². The van der Waals surface area contributed by atoms with Crippen LogP contribution < -0.4 is 11.4 Å². The number of aromatic amines is 1. The minimum atomic E-state index is -0.881. The van der Waals surface area contributed by atoms with Crippen molar-refractivity contribution in [2.45, 2.75) is 70.9 Å². The third-order valence-electron chi connectivity index (χ3n) is 14.0. The summed E-state index contributed by atoms with van der Waals surface area (Å²) in [6, 6.07) is 14.0. The van der Waals surface area contributed by atoms with E-state index in [1.165, 1.54) is 27.6 Å². The van der Waals surface area contributed by atoms with Gasteiger partial charge in [0.25, 0.3) is 5.91 Å². The molecule has 1 amide bonds. The number of rotatable bonds is 10. The summed E-state index contributed by atoms with van der Waals surface area (Å²) in [6.45, 7) is 9.23. The second-order valence-electron chi connectivity index (χ2n) is 17.9. The summed E-state index contributed by atoms with van der Waals surface area (Å²) in [5.41, 5.74) is 3.91. The van der Waals surface area contributed by atoms with Crippen molar-refractivity contribution in [2.24, 2.45) is 13.0 Å². The number of imidazole rings is 1. The van der Waals surface area contributed by atoms with E-state index >= 15 is 13.6 Å². The first-order chi connectivity index (χ1) is 31.9. The predicted molar refractivity (Wildman–Crippen MR) is 239 cm³/mol. The van der Waals surface area contributed by atoms with Crippen LogP contribution in [0.25, 0.3) is 39.0 Å². The van der Waals surface area contributed by atoms with Crippen LogP contribution in [0, 0.1) is 31.4 Å². The molecule has 1 saturated carbocycles. The number of H-pyrrole nitrogens is 1. The Hall–Kier alpha value is -6.92. The maximum absolute atomic E-state index is 16.2. The first-order valence-electron chi connectivity index (χ1n) is 22.4. The van der Waals surface area contributed by atoms with E-state index in [1.54, 1.807) is 59.6 Å². The lowest BCUT2D eigenvalue weighted by Crippen LogP contribution is -2.44. The number of fused-ring (bicyclic) bond motifs is 3.